The monoisotopic (exact) mass is 435 g/mol. The lowest BCUT2D eigenvalue weighted by Gasteiger charge is -2.30. The van der Waals surface area contributed by atoms with E-state index < -0.39 is 36.8 Å². The van der Waals surface area contributed by atoms with E-state index in [9.17, 15) is 14.3 Å². The van der Waals surface area contributed by atoms with Crippen LogP contribution in [0, 0.1) is 17.7 Å². The summed E-state index contributed by atoms with van der Waals surface area (Å²) in [5.41, 5.74) is 6.71. The highest BCUT2D eigenvalue weighted by Crippen LogP contribution is 2.36. The minimum absolute atomic E-state index is 0.00843. The number of aliphatic hydroxyl groups is 1. The zero-order valence-electron chi connectivity index (χ0n) is 18.2. The van der Waals surface area contributed by atoms with Crippen LogP contribution in [-0.4, -0.2) is 36.2 Å². The number of benzene rings is 1. The number of nitrogens with zero attached hydrogens (tertiary/aromatic N) is 1. The predicted molar refractivity (Wildman–Crippen MR) is 114 cm³/mol. The molecule has 8 nitrogen and oxygen atoms in total. The average Bonchev–Trinajstić information content (AvgIpc) is 3.18. The zero-order valence-corrected chi connectivity index (χ0v) is 18.2. The average molecular weight is 435 g/mol. The summed E-state index contributed by atoms with van der Waals surface area (Å²) in [7, 11) is 1.24. The van der Waals surface area contributed by atoms with Crippen molar-refractivity contribution >= 4 is 11.7 Å². The number of nitrogens with two attached hydrogens (primary N) is 1. The van der Waals surface area contributed by atoms with Crippen LogP contribution in [0.25, 0.3) is 0 Å². The van der Waals surface area contributed by atoms with Crippen LogP contribution in [-0.2, 0) is 9.47 Å². The Hall–Kier alpha value is -2.75. The molecule has 0 fully saturated rings. The van der Waals surface area contributed by atoms with Gasteiger partial charge in [-0.2, -0.15) is 0 Å². The third-order valence-corrected chi connectivity index (χ3v) is 5.03. The van der Waals surface area contributed by atoms with E-state index in [4.69, 9.17) is 19.6 Å². The van der Waals surface area contributed by atoms with Crippen molar-refractivity contribution < 1.29 is 28.2 Å². The number of carbonyl (C=O) groups is 1. The van der Waals surface area contributed by atoms with E-state index in [1.807, 2.05) is 20.8 Å². The van der Waals surface area contributed by atoms with Crippen LogP contribution >= 0.6 is 0 Å². The second kappa shape index (κ2) is 11.0. The molecule has 0 bridgehead atoms. The minimum atomic E-state index is -0.872. The first-order valence-electron chi connectivity index (χ1n) is 9.95. The lowest BCUT2D eigenvalue weighted by atomic mass is 9.88. The van der Waals surface area contributed by atoms with Crippen molar-refractivity contribution in [2.24, 2.45) is 17.6 Å². The van der Waals surface area contributed by atoms with Crippen LogP contribution in [0.3, 0.4) is 0 Å². The number of hydrogen-bond acceptors (Lipinski definition) is 8. The van der Waals surface area contributed by atoms with Gasteiger partial charge in [0.25, 0.3) is 0 Å². The molecule has 0 saturated heterocycles. The van der Waals surface area contributed by atoms with E-state index in [0.717, 1.165) is 0 Å². The maximum atomic E-state index is 13.3. The predicted octanol–water partition coefficient (Wildman–Crippen LogP) is 3.57. The Labute approximate surface area is 181 Å². The molecule has 0 radical (unpaired) electrons. The SMILES string of the molecule is C=CC(C)[C@@H](c1oc([C@@H](N)C(C)C)nc1C(=O)OC)[C@H](Nc1ccc(F)cc1)OCO. The minimum Gasteiger partial charge on any atom is -0.464 e. The number of ether oxygens (including phenoxy) is 2. The maximum Gasteiger partial charge on any atom is 0.360 e. The van der Waals surface area contributed by atoms with Crippen molar-refractivity contribution in [2.45, 2.75) is 39.0 Å². The van der Waals surface area contributed by atoms with E-state index in [1.165, 1.54) is 31.4 Å². The van der Waals surface area contributed by atoms with E-state index in [-0.39, 0.29) is 29.2 Å². The number of oxazole rings is 1. The number of esters is 1. The Bertz CT molecular complexity index is 869. The molecule has 4 atom stereocenters. The van der Waals surface area contributed by atoms with Gasteiger partial charge in [0.1, 0.15) is 24.6 Å². The molecule has 4 N–H and O–H groups in total. The van der Waals surface area contributed by atoms with Crippen LogP contribution in [0.1, 0.15) is 54.9 Å². The van der Waals surface area contributed by atoms with Gasteiger partial charge in [0.05, 0.1) is 19.1 Å². The summed E-state index contributed by atoms with van der Waals surface area (Å²) in [6.07, 6.45) is 0.791. The summed E-state index contributed by atoms with van der Waals surface area (Å²) < 4.78 is 29.7. The molecule has 0 spiro atoms. The first-order chi connectivity index (χ1) is 14.7. The molecule has 170 valence electrons. The number of aromatic nitrogens is 1. The number of methoxy groups -OCH3 is 1. The van der Waals surface area contributed by atoms with Crippen LogP contribution in [0.15, 0.2) is 41.3 Å². The lowest BCUT2D eigenvalue weighted by molar-refractivity contribution is -0.0550. The first-order valence-corrected chi connectivity index (χ1v) is 9.95. The first kappa shape index (κ1) is 24.5. The van der Waals surface area contributed by atoms with Crippen LogP contribution in [0.2, 0.25) is 0 Å². The molecule has 1 unspecified atom stereocenters. The van der Waals surface area contributed by atoms with E-state index in [0.29, 0.717) is 5.69 Å². The molecule has 9 heteroatoms. The molecule has 0 aliphatic heterocycles. The molecular formula is C22H30FN3O5. The van der Waals surface area contributed by atoms with Gasteiger partial charge >= 0.3 is 5.97 Å². The standard InChI is InChI=1S/C22H30FN3O5/c1-6-13(4)16(20(30-11-27)25-15-9-7-14(23)8-10-15)19-18(22(28)29-5)26-21(31-19)17(24)12(2)3/h6-10,12-13,16-17,20,25,27H,1,11,24H2,2-5H3/t13?,16-,17-,20+/m0/s1. The molecule has 2 aromatic rings. The molecule has 1 aromatic carbocycles. The highest BCUT2D eigenvalue weighted by Gasteiger charge is 2.37. The smallest absolute Gasteiger partial charge is 0.360 e. The molecule has 31 heavy (non-hydrogen) atoms. The van der Waals surface area contributed by atoms with Gasteiger partial charge in [-0.3, -0.25) is 0 Å². The Kier molecular flexibility index (Phi) is 8.73. The van der Waals surface area contributed by atoms with Gasteiger partial charge in [-0.25, -0.2) is 14.2 Å². The number of halogens is 1. The second-order valence-electron chi connectivity index (χ2n) is 7.51. The van der Waals surface area contributed by atoms with Gasteiger partial charge in [0.15, 0.2) is 5.69 Å². The van der Waals surface area contributed by atoms with Gasteiger partial charge in [-0.15, -0.1) is 6.58 Å². The number of hydrogen-bond donors (Lipinski definition) is 3. The van der Waals surface area contributed by atoms with E-state index in [1.54, 1.807) is 6.08 Å². The molecule has 1 heterocycles. The van der Waals surface area contributed by atoms with E-state index in [2.05, 4.69) is 16.9 Å². The van der Waals surface area contributed by atoms with Gasteiger partial charge < -0.3 is 30.0 Å². The van der Waals surface area contributed by atoms with Crippen LogP contribution in [0.5, 0.6) is 0 Å². The maximum absolute atomic E-state index is 13.3. The number of rotatable bonds is 11. The topological polar surface area (TPSA) is 120 Å². The van der Waals surface area contributed by atoms with Crippen molar-refractivity contribution in [1.29, 1.82) is 0 Å². The zero-order chi connectivity index (χ0) is 23.1. The Morgan fingerprint density at radius 1 is 1.35 bits per heavy atom. The number of allylic oxidation sites excluding steroid dienone is 1. The molecule has 2 rings (SSSR count). The molecule has 0 aliphatic carbocycles. The van der Waals surface area contributed by atoms with Gasteiger partial charge in [-0.1, -0.05) is 26.8 Å². The third-order valence-electron chi connectivity index (χ3n) is 5.03. The Morgan fingerprint density at radius 3 is 2.52 bits per heavy atom. The normalized spacial score (nSPS) is 15.2. The van der Waals surface area contributed by atoms with Gasteiger partial charge in [0, 0.05) is 5.69 Å². The largest absolute Gasteiger partial charge is 0.464 e. The van der Waals surface area contributed by atoms with Crippen molar-refractivity contribution in [3.8, 4) is 0 Å². The molecular weight excluding hydrogens is 405 g/mol. The van der Waals surface area contributed by atoms with Crippen molar-refractivity contribution in [2.75, 3.05) is 19.2 Å². The van der Waals surface area contributed by atoms with E-state index >= 15 is 0 Å². The fourth-order valence-electron chi connectivity index (χ4n) is 3.07. The Balaban J connectivity index is 2.57. The van der Waals surface area contributed by atoms with Crippen LogP contribution in [0.4, 0.5) is 10.1 Å². The molecule has 0 saturated carbocycles. The quantitative estimate of drug-likeness (QED) is 0.278. The fraction of sp³-hybridized carbons (Fsp3) is 0.455. The summed E-state index contributed by atoms with van der Waals surface area (Å²) >= 11 is 0. The number of aliphatic hydroxyl groups excluding tert-OH is 1. The Morgan fingerprint density at radius 2 is 2.00 bits per heavy atom. The fourth-order valence-corrected chi connectivity index (χ4v) is 3.07. The number of nitrogens with one attached hydrogen (secondary N) is 1. The van der Waals surface area contributed by atoms with Crippen molar-refractivity contribution in [3.63, 3.8) is 0 Å². The third kappa shape index (κ3) is 5.90. The summed E-state index contributed by atoms with van der Waals surface area (Å²) in [5, 5.41) is 12.6. The highest BCUT2D eigenvalue weighted by atomic mass is 19.1. The summed E-state index contributed by atoms with van der Waals surface area (Å²) in [5.74, 6) is -1.62. The molecule has 0 aliphatic rings. The summed E-state index contributed by atoms with van der Waals surface area (Å²) in [4.78, 5) is 16.8. The summed E-state index contributed by atoms with van der Waals surface area (Å²) in [6, 6.07) is 5.09. The lowest BCUT2D eigenvalue weighted by Crippen LogP contribution is -2.35. The number of carbonyl (C=O) groups excluding carboxylic acids is 1. The van der Waals surface area contributed by atoms with Gasteiger partial charge in [-0.05, 0) is 36.1 Å². The molecule has 1 aromatic heterocycles. The van der Waals surface area contributed by atoms with Crippen molar-refractivity contribution in [1.82, 2.24) is 4.98 Å². The highest BCUT2D eigenvalue weighted by molar-refractivity contribution is 5.88. The van der Waals surface area contributed by atoms with Crippen molar-refractivity contribution in [3.05, 3.63) is 60.1 Å². The summed E-state index contributed by atoms with van der Waals surface area (Å²) in [6.45, 7) is 8.89. The number of anilines is 1. The van der Waals surface area contributed by atoms with Gasteiger partial charge in [0.2, 0.25) is 5.89 Å². The second-order valence-corrected chi connectivity index (χ2v) is 7.51. The molecule has 0 amide bonds. The van der Waals surface area contributed by atoms with Crippen LogP contribution < -0.4 is 11.1 Å².